The molecule has 0 saturated carbocycles. The molecule has 2 heterocycles. The molecule has 0 amide bonds. The Bertz CT molecular complexity index is 373. The van der Waals surface area contributed by atoms with Crippen molar-refractivity contribution in [2.75, 3.05) is 24.6 Å². The molecule has 5 heteroatoms. The Morgan fingerprint density at radius 3 is 3.12 bits per heavy atom. The van der Waals surface area contributed by atoms with E-state index in [0.717, 1.165) is 24.5 Å². The summed E-state index contributed by atoms with van der Waals surface area (Å²) < 4.78 is 5.46. The van der Waals surface area contributed by atoms with Crippen molar-refractivity contribution in [1.29, 1.82) is 0 Å². The second-order valence-corrected chi connectivity index (χ2v) is 4.34. The number of hydrogen-bond acceptors (Lipinski definition) is 4. The normalized spacial score (nSPS) is 21.2. The van der Waals surface area contributed by atoms with Crippen molar-refractivity contribution < 1.29 is 9.84 Å². The largest absolute Gasteiger partial charge is 0.392 e. The lowest BCUT2D eigenvalue weighted by molar-refractivity contribution is 0.0529. The summed E-state index contributed by atoms with van der Waals surface area (Å²) in [5.41, 5.74) is 0.732. The lowest BCUT2D eigenvalue weighted by atomic mass is 10.2. The van der Waals surface area contributed by atoms with Crippen LogP contribution in [0.1, 0.15) is 12.5 Å². The van der Waals surface area contributed by atoms with Crippen molar-refractivity contribution in [2.24, 2.45) is 0 Å². The van der Waals surface area contributed by atoms with E-state index >= 15 is 0 Å². The maximum Gasteiger partial charge on any atom is 0.147 e. The number of morpholine rings is 1. The van der Waals surface area contributed by atoms with Crippen LogP contribution in [0.4, 0.5) is 5.82 Å². The Hall–Kier alpha value is -0.840. The number of anilines is 1. The molecule has 2 rings (SSSR count). The van der Waals surface area contributed by atoms with Gasteiger partial charge in [-0.3, -0.25) is 0 Å². The molecule has 0 spiro atoms. The molecular formula is C11H15ClN2O2. The number of hydrogen-bond donors (Lipinski definition) is 1. The van der Waals surface area contributed by atoms with Gasteiger partial charge in [-0.15, -0.1) is 0 Å². The fraction of sp³-hybridized carbons (Fsp3) is 0.545. The summed E-state index contributed by atoms with van der Waals surface area (Å²) in [4.78, 5) is 6.39. The first kappa shape index (κ1) is 11.6. The Morgan fingerprint density at radius 2 is 2.50 bits per heavy atom. The van der Waals surface area contributed by atoms with Crippen LogP contribution < -0.4 is 4.90 Å². The van der Waals surface area contributed by atoms with Gasteiger partial charge in [0.2, 0.25) is 0 Å². The van der Waals surface area contributed by atoms with Crippen LogP contribution in [0.3, 0.4) is 0 Å². The fourth-order valence-corrected chi connectivity index (χ4v) is 2.11. The molecular weight excluding hydrogens is 228 g/mol. The van der Waals surface area contributed by atoms with E-state index in [1.54, 1.807) is 12.3 Å². The summed E-state index contributed by atoms with van der Waals surface area (Å²) in [7, 11) is 0. The molecule has 0 aromatic carbocycles. The van der Waals surface area contributed by atoms with E-state index in [-0.39, 0.29) is 12.7 Å². The van der Waals surface area contributed by atoms with Gasteiger partial charge in [-0.2, -0.15) is 0 Å². The molecule has 88 valence electrons. The molecule has 1 aromatic rings. The van der Waals surface area contributed by atoms with E-state index in [1.165, 1.54) is 0 Å². The third-order valence-corrected chi connectivity index (χ3v) is 2.88. The molecule has 1 fully saturated rings. The maximum atomic E-state index is 8.97. The van der Waals surface area contributed by atoms with Crippen molar-refractivity contribution >= 4 is 17.4 Å². The van der Waals surface area contributed by atoms with Gasteiger partial charge in [0.15, 0.2) is 0 Å². The fourth-order valence-electron chi connectivity index (χ4n) is 1.80. The second-order valence-electron chi connectivity index (χ2n) is 3.93. The van der Waals surface area contributed by atoms with Gasteiger partial charge in [0.1, 0.15) is 5.82 Å². The molecule has 0 bridgehead atoms. The zero-order valence-electron chi connectivity index (χ0n) is 9.19. The van der Waals surface area contributed by atoms with Crippen molar-refractivity contribution in [3.63, 3.8) is 0 Å². The average molecular weight is 243 g/mol. The second kappa shape index (κ2) is 4.99. The van der Waals surface area contributed by atoms with E-state index in [9.17, 15) is 0 Å². The highest BCUT2D eigenvalue weighted by molar-refractivity contribution is 6.33. The smallest absolute Gasteiger partial charge is 0.147 e. The number of nitrogens with zero attached hydrogens (tertiary/aromatic N) is 2. The summed E-state index contributed by atoms with van der Waals surface area (Å²) in [6.45, 7) is 4.29. The van der Waals surface area contributed by atoms with E-state index in [0.29, 0.717) is 11.6 Å². The monoisotopic (exact) mass is 242 g/mol. The molecule has 1 N–H and O–H groups in total. The van der Waals surface area contributed by atoms with Crippen LogP contribution in [-0.4, -0.2) is 35.9 Å². The quantitative estimate of drug-likeness (QED) is 0.853. The Morgan fingerprint density at radius 1 is 1.69 bits per heavy atom. The Labute approximate surface area is 99.8 Å². The number of aliphatic hydroxyl groups is 1. The van der Waals surface area contributed by atoms with E-state index in [2.05, 4.69) is 9.88 Å². The minimum atomic E-state index is -0.0352. The first-order chi connectivity index (χ1) is 7.70. The van der Waals surface area contributed by atoms with Gasteiger partial charge < -0.3 is 14.7 Å². The summed E-state index contributed by atoms with van der Waals surface area (Å²) in [5, 5.41) is 9.56. The molecule has 1 aliphatic rings. The molecule has 1 aromatic heterocycles. The van der Waals surface area contributed by atoms with Crippen LogP contribution in [0, 0.1) is 0 Å². The Kier molecular flexibility index (Phi) is 3.63. The highest BCUT2D eigenvalue weighted by Gasteiger charge is 2.19. The zero-order chi connectivity index (χ0) is 11.5. The lowest BCUT2D eigenvalue weighted by Gasteiger charge is -2.32. The molecule has 1 aliphatic heterocycles. The minimum absolute atomic E-state index is 0.0352. The molecule has 0 radical (unpaired) electrons. The highest BCUT2D eigenvalue weighted by atomic mass is 35.5. The van der Waals surface area contributed by atoms with Crippen LogP contribution in [0.15, 0.2) is 12.3 Å². The molecule has 1 atom stereocenters. The van der Waals surface area contributed by atoms with Gasteiger partial charge in [0, 0.05) is 19.3 Å². The van der Waals surface area contributed by atoms with Gasteiger partial charge in [0.05, 0.1) is 24.3 Å². The van der Waals surface area contributed by atoms with E-state index in [4.69, 9.17) is 21.4 Å². The van der Waals surface area contributed by atoms with Crippen LogP contribution in [-0.2, 0) is 11.3 Å². The summed E-state index contributed by atoms with van der Waals surface area (Å²) in [5.74, 6) is 0.772. The molecule has 0 aliphatic carbocycles. The van der Waals surface area contributed by atoms with Gasteiger partial charge in [-0.05, 0) is 18.6 Å². The van der Waals surface area contributed by atoms with Crippen LogP contribution in [0.25, 0.3) is 0 Å². The lowest BCUT2D eigenvalue weighted by Crippen LogP contribution is -2.41. The standard InChI is InChI=1S/C11H15ClN2O2/c1-8-6-14(2-3-16-8)11-10(12)4-9(7-15)5-13-11/h4-5,8,15H,2-3,6-7H2,1H3. The topological polar surface area (TPSA) is 45.6 Å². The summed E-state index contributed by atoms with van der Waals surface area (Å²) in [6.07, 6.45) is 1.85. The number of halogens is 1. The third-order valence-electron chi connectivity index (χ3n) is 2.60. The number of aromatic nitrogens is 1. The van der Waals surface area contributed by atoms with Crippen molar-refractivity contribution in [3.8, 4) is 0 Å². The van der Waals surface area contributed by atoms with E-state index in [1.807, 2.05) is 6.92 Å². The van der Waals surface area contributed by atoms with Crippen molar-refractivity contribution in [1.82, 2.24) is 4.98 Å². The van der Waals surface area contributed by atoms with Gasteiger partial charge in [0.25, 0.3) is 0 Å². The molecule has 16 heavy (non-hydrogen) atoms. The summed E-state index contributed by atoms with van der Waals surface area (Å²) in [6, 6.07) is 1.75. The first-order valence-corrected chi connectivity index (χ1v) is 5.70. The van der Waals surface area contributed by atoms with Gasteiger partial charge in [-0.1, -0.05) is 11.6 Å². The van der Waals surface area contributed by atoms with Crippen molar-refractivity contribution in [3.05, 3.63) is 22.8 Å². The molecule has 1 unspecified atom stereocenters. The van der Waals surface area contributed by atoms with E-state index < -0.39 is 0 Å². The SMILES string of the molecule is CC1CN(c2ncc(CO)cc2Cl)CCO1. The zero-order valence-corrected chi connectivity index (χ0v) is 9.94. The van der Waals surface area contributed by atoms with Gasteiger partial charge in [-0.25, -0.2) is 4.98 Å². The number of pyridine rings is 1. The first-order valence-electron chi connectivity index (χ1n) is 5.32. The third kappa shape index (κ3) is 2.45. The molecule has 1 saturated heterocycles. The predicted molar refractivity (Wildman–Crippen MR) is 62.8 cm³/mol. The van der Waals surface area contributed by atoms with Crippen molar-refractivity contribution in [2.45, 2.75) is 19.6 Å². The Balaban J connectivity index is 2.19. The molecule has 4 nitrogen and oxygen atoms in total. The predicted octanol–water partition coefficient (Wildman–Crippen LogP) is 1.45. The number of aliphatic hydroxyl groups excluding tert-OH is 1. The van der Waals surface area contributed by atoms with Crippen LogP contribution in [0.5, 0.6) is 0 Å². The van der Waals surface area contributed by atoms with Crippen LogP contribution in [0.2, 0.25) is 5.02 Å². The minimum Gasteiger partial charge on any atom is -0.392 e. The number of ether oxygens (including phenoxy) is 1. The summed E-state index contributed by atoms with van der Waals surface area (Å²) >= 11 is 6.13. The highest BCUT2D eigenvalue weighted by Crippen LogP contribution is 2.25. The average Bonchev–Trinajstić information content (AvgIpc) is 2.28. The van der Waals surface area contributed by atoms with Gasteiger partial charge >= 0.3 is 0 Å². The maximum absolute atomic E-state index is 8.97. The number of rotatable bonds is 2. The van der Waals surface area contributed by atoms with Crippen LogP contribution >= 0.6 is 11.6 Å².